The number of hydrogen-bond acceptors (Lipinski definition) is 16. The number of halogens is 6. The van der Waals surface area contributed by atoms with Crippen LogP contribution < -0.4 is 33.2 Å². The van der Waals surface area contributed by atoms with Gasteiger partial charge in [-0.1, -0.05) is 142 Å². The predicted molar refractivity (Wildman–Crippen MR) is 311 cm³/mol. The van der Waals surface area contributed by atoms with Crippen LogP contribution in [0.4, 0.5) is 11.4 Å². The topological polar surface area (TPSA) is 235 Å². The fraction of sp³-hybridized carbons (Fsp3) is 0.100. The van der Waals surface area contributed by atoms with Gasteiger partial charge in [-0.25, -0.2) is 28.9 Å². The third-order valence-corrected chi connectivity index (χ3v) is 13.3. The lowest BCUT2D eigenvalue weighted by atomic mass is 9.99. The van der Waals surface area contributed by atoms with Gasteiger partial charge >= 0.3 is 23.9 Å². The Hall–Kier alpha value is -9.44. The van der Waals surface area contributed by atoms with Crippen LogP contribution in [0.5, 0.6) is 40.8 Å². The molecule has 0 spiro atoms. The highest BCUT2D eigenvalue weighted by Gasteiger charge is 2.31. The molecule has 0 fully saturated rings. The van der Waals surface area contributed by atoms with Crippen molar-refractivity contribution in [3.8, 4) is 75.2 Å². The number of aryl methyl sites for hydroxylation is 2. The van der Waals surface area contributed by atoms with E-state index in [-0.39, 0.29) is 87.7 Å². The Bertz CT molecular complexity index is 3870. The van der Waals surface area contributed by atoms with Gasteiger partial charge in [-0.15, -0.1) is 0 Å². The van der Waals surface area contributed by atoms with Gasteiger partial charge in [-0.2, -0.15) is 20.5 Å². The molecule has 0 aliphatic rings. The molecule has 0 atom stereocenters. The molecule has 0 bridgehead atoms. The largest absolute Gasteiger partial charge is 0.496 e. The second kappa shape index (κ2) is 28.5. The van der Waals surface area contributed by atoms with E-state index in [0.29, 0.717) is 26.7 Å². The molecule has 0 aliphatic heterocycles. The van der Waals surface area contributed by atoms with Crippen LogP contribution in [0.1, 0.15) is 48.5 Å². The molecule has 2 heterocycles. The van der Waals surface area contributed by atoms with Gasteiger partial charge in [-0.3, -0.25) is 0 Å². The van der Waals surface area contributed by atoms with Crippen LogP contribution in [0.15, 0.2) is 121 Å². The summed E-state index contributed by atoms with van der Waals surface area (Å²) in [7, 11) is 1.35. The number of aliphatic hydroxyl groups is 1. The Balaban J connectivity index is 0.000000241. The Morgan fingerprint density at radius 2 is 1.01 bits per heavy atom. The van der Waals surface area contributed by atoms with E-state index >= 15 is 0 Å². The van der Waals surface area contributed by atoms with Gasteiger partial charge in [0.1, 0.15) is 46.1 Å². The van der Waals surface area contributed by atoms with Crippen molar-refractivity contribution in [3.63, 3.8) is 0 Å². The molecule has 0 saturated heterocycles. The zero-order valence-corrected chi connectivity index (χ0v) is 48.1. The summed E-state index contributed by atoms with van der Waals surface area (Å²) in [6, 6.07) is 35.8. The normalized spacial score (nSPS) is 10.3. The molecule has 8 rings (SSSR count). The number of carbonyl (C=O) groups is 4. The van der Waals surface area contributed by atoms with E-state index < -0.39 is 67.2 Å². The molecule has 1 N–H and O–H groups in total. The van der Waals surface area contributed by atoms with E-state index in [1.54, 1.807) is 91.9 Å². The van der Waals surface area contributed by atoms with E-state index in [9.17, 15) is 34.8 Å². The molecule has 0 radical (unpaired) electrons. The van der Waals surface area contributed by atoms with Crippen molar-refractivity contribution in [3.05, 3.63) is 213 Å². The van der Waals surface area contributed by atoms with Gasteiger partial charge in [0.25, 0.3) is 11.4 Å². The number of pyridine rings is 2. The van der Waals surface area contributed by atoms with Gasteiger partial charge in [-0.05, 0) is 84.6 Å². The standard InChI is InChI=1S/2C30H18Cl3N3O6/c1-15-9-10-21(33)24(26(15)40-3)30(39)41-27-17(13-34)22(16-7-5-4-6-8-16)25(35-2)28(36-27)42-29(38)23-18(14-37)19(31)11-12-20(23)32;1-17-8-10-23(21(32)12-17)39-15-25(37)41-29-20(14-34)27(18-6-4-3-5-7-18)28(35-2)30(36-29)42-26(38)16-40-24-11-9-19(31)13-22(24)33/h4-12,37H,14H2,1,3H3;3-13H,15-16H2,1H3. The number of aliphatic hydroxyl groups excluding tert-OH is 1. The number of rotatable bonds is 16. The molecule has 6 aromatic carbocycles. The summed E-state index contributed by atoms with van der Waals surface area (Å²) in [5.41, 5.74) is 0.859. The maximum Gasteiger partial charge on any atom is 0.350 e. The Morgan fingerprint density at radius 1 is 0.560 bits per heavy atom. The number of methoxy groups -OCH3 is 1. The molecule has 2 aromatic heterocycles. The lowest BCUT2D eigenvalue weighted by Gasteiger charge is -2.17. The van der Waals surface area contributed by atoms with Crippen molar-refractivity contribution in [1.29, 1.82) is 10.5 Å². The van der Waals surface area contributed by atoms with E-state index in [2.05, 4.69) is 19.7 Å². The first-order chi connectivity index (χ1) is 40.4. The highest BCUT2D eigenvalue weighted by Crippen LogP contribution is 2.46. The molecular formula is C60H36Cl6N6O12. The van der Waals surface area contributed by atoms with Crippen molar-refractivity contribution >= 4 is 105 Å². The van der Waals surface area contributed by atoms with Crippen LogP contribution in [0.25, 0.3) is 31.9 Å². The quantitative estimate of drug-likeness (QED) is 0.0699. The maximum atomic E-state index is 13.4. The van der Waals surface area contributed by atoms with Crippen molar-refractivity contribution in [2.45, 2.75) is 20.5 Å². The summed E-state index contributed by atoms with van der Waals surface area (Å²) in [4.78, 5) is 67.3. The zero-order valence-electron chi connectivity index (χ0n) is 43.6. The van der Waals surface area contributed by atoms with Gasteiger partial charge in [0.05, 0.1) is 52.5 Å². The number of benzene rings is 6. The van der Waals surface area contributed by atoms with Crippen LogP contribution in [0.3, 0.4) is 0 Å². The lowest BCUT2D eigenvalue weighted by Crippen LogP contribution is -2.21. The molecule has 18 nitrogen and oxygen atoms in total. The van der Waals surface area contributed by atoms with Crippen molar-refractivity contribution < 1.29 is 57.4 Å². The van der Waals surface area contributed by atoms with Gasteiger partial charge in [0.2, 0.25) is 23.5 Å². The number of nitrogens with zero attached hydrogens (tertiary/aromatic N) is 6. The summed E-state index contributed by atoms with van der Waals surface area (Å²) in [5.74, 6) is -5.56. The fourth-order valence-corrected chi connectivity index (χ4v) is 9.22. The highest BCUT2D eigenvalue weighted by molar-refractivity contribution is 6.37. The molecular weight excluding hydrogens is 1210 g/mol. The minimum absolute atomic E-state index is 0.00410. The van der Waals surface area contributed by atoms with Crippen LogP contribution in [-0.4, -0.2) is 59.3 Å². The minimum Gasteiger partial charge on any atom is -0.496 e. The highest BCUT2D eigenvalue weighted by atomic mass is 35.5. The fourth-order valence-electron chi connectivity index (χ4n) is 7.77. The summed E-state index contributed by atoms with van der Waals surface area (Å²) < 4.78 is 38.0. The summed E-state index contributed by atoms with van der Waals surface area (Å²) in [5, 5.41) is 30.8. The number of ether oxygens (including phenoxy) is 7. The van der Waals surface area contributed by atoms with Gasteiger partial charge in [0, 0.05) is 26.7 Å². The molecule has 24 heteroatoms. The second-order valence-electron chi connectivity index (χ2n) is 16.9. The predicted octanol–water partition coefficient (Wildman–Crippen LogP) is 14.8. The molecule has 0 amide bonds. The van der Waals surface area contributed by atoms with Crippen molar-refractivity contribution in [2.24, 2.45) is 0 Å². The van der Waals surface area contributed by atoms with Gasteiger partial charge in [0.15, 0.2) is 13.2 Å². The number of aromatic nitrogens is 2. The Kier molecular flexibility index (Phi) is 21.1. The average molecular weight is 1250 g/mol. The Labute approximate surface area is 508 Å². The smallest absolute Gasteiger partial charge is 0.350 e. The van der Waals surface area contributed by atoms with E-state index in [1.807, 2.05) is 19.1 Å². The average Bonchev–Trinajstić information content (AvgIpc) is 3.35. The first-order valence-corrected chi connectivity index (χ1v) is 26.2. The van der Waals surface area contributed by atoms with E-state index in [0.717, 1.165) is 5.56 Å². The third-order valence-electron chi connectivity index (χ3n) is 11.5. The summed E-state index contributed by atoms with van der Waals surface area (Å²) in [6.45, 7) is 17.3. The van der Waals surface area contributed by atoms with E-state index in [1.165, 1.54) is 43.5 Å². The first-order valence-electron chi connectivity index (χ1n) is 23.9. The molecule has 8 aromatic rings. The summed E-state index contributed by atoms with van der Waals surface area (Å²) >= 11 is 36.8. The van der Waals surface area contributed by atoms with Crippen LogP contribution in [0.2, 0.25) is 30.1 Å². The minimum atomic E-state index is -1.10. The first kappa shape index (κ1) is 62.2. The van der Waals surface area contributed by atoms with Crippen molar-refractivity contribution in [1.82, 2.24) is 9.97 Å². The maximum absolute atomic E-state index is 13.4. The number of esters is 4. The number of nitriles is 2. The van der Waals surface area contributed by atoms with Crippen LogP contribution in [-0.2, 0) is 16.2 Å². The molecule has 84 heavy (non-hydrogen) atoms. The molecule has 0 aliphatic carbocycles. The lowest BCUT2D eigenvalue weighted by molar-refractivity contribution is -0.137. The van der Waals surface area contributed by atoms with Gasteiger partial charge < -0.3 is 38.3 Å². The van der Waals surface area contributed by atoms with Crippen molar-refractivity contribution in [2.75, 3.05) is 20.3 Å². The summed E-state index contributed by atoms with van der Waals surface area (Å²) in [6.07, 6.45) is 0. The third kappa shape index (κ3) is 14.4. The molecule has 0 saturated carbocycles. The Morgan fingerprint density at radius 3 is 1.51 bits per heavy atom. The second-order valence-corrected chi connectivity index (χ2v) is 19.4. The molecule has 0 unspecified atom stereocenters. The van der Waals surface area contributed by atoms with E-state index in [4.69, 9.17) is 116 Å². The number of hydrogen-bond donors (Lipinski definition) is 1. The van der Waals surface area contributed by atoms with Crippen LogP contribution >= 0.6 is 69.6 Å². The zero-order chi connectivity index (χ0) is 60.8. The van der Waals surface area contributed by atoms with Crippen LogP contribution in [0, 0.1) is 49.7 Å². The number of carbonyl (C=O) groups excluding carboxylic acids is 4. The molecule has 420 valence electrons. The monoisotopic (exact) mass is 1240 g/mol. The SMILES string of the molecule is [C-]#[N+]c1c(OC(=O)COc2ccc(Cl)cc2Cl)nc(OC(=O)COc2ccc(C)cc2Cl)c(C#N)c1-c1ccccc1.[C-]#[N+]c1c(OC(=O)c2c(Cl)ccc(Cl)c2CO)nc(OC(=O)c2c(Cl)ccc(C)c2OC)c(C#N)c1-c1ccccc1.